The quantitative estimate of drug-likeness (QED) is 0.112. The summed E-state index contributed by atoms with van der Waals surface area (Å²) in [7, 11) is 0. The number of nitrogens with zero attached hydrogens (tertiary/aromatic N) is 7. The van der Waals surface area contributed by atoms with Crippen molar-refractivity contribution >= 4 is 53.1 Å². The van der Waals surface area contributed by atoms with Crippen molar-refractivity contribution in [3.63, 3.8) is 0 Å². The summed E-state index contributed by atoms with van der Waals surface area (Å²) in [5, 5.41) is 20.8. The van der Waals surface area contributed by atoms with Gasteiger partial charge in [0.05, 0.1) is 37.6 Å². The molecule has 4 aromatic rings. The number of fused-ring (bicyclic) bond motifs is 3. The number of aromatic amines is 1. The predicted octanol–water partition coefficient (Wildman–Crippen LogP) is -0.900. The summed E-state index contributed by atoms with van der Waals surface area (Å²) in [6.45, 7) is -4.41. The van der Waals surface area contributed by atoms with Gasteiger partial charge in [-0.2, -0.15) is 4.98 Å². The first-order valence-electron chi connectivity index (χ1n) is 12.1. The van der Waals surface area contributed by atoms with Crippen LogP contribution in [0.15, 0.2) is 23.8 Å². The van der Waals surface area contributed by atoms with Crippen molar-refractivity contribution in [1.29, 1.82) is 0 Å². The maximum absolute atomic E-state index is 13.3. The highest BCUT2D eigenvalue weighted by atomic mass is 32.7. The highest BCUT2D eigenvalue weighted by Gasteiger charge is 2.66. The summed E-state index contributed by atoms with van der Waals surface area (Å²) in [6, 6.07) is 0. The molecule has 0 spiro atoms. The molecular formula is C20H23N10O8PS. The molecule has 2 saturated heterocycles. The third-order valence-corrected chi connectivity index (χ3v) is 8.82. The van der Waals surface area contributed by atoms with Gasteiger partial charge in [-0.25, -0.2) is 24.5 Å². The second kappa shape index (κ2) is 9.18. The van der Waals surface area contributed by atoms with Crippen LogP contribution in [0.2, 0.25) is 0 Å². The highest BCUT2D eigenvalue weighted by molar-refractivity contribution is 8.44. The highest BCUT2D eigenvalue weighted by Crippen LogP contribution is 2.61. The molecular weight excluding hydrogens is 571 g/mol. The van der Waals surface area contributed by atoms with Gasteiger partial charge in [0.1, 0.15) is 30.3 Å². The number of nitrogen functional groups attached to an aromatic ring is 2. The maximum Gasteiger partial charge on any atom is 0.386 e. The van der Waals surface area contributed by atoms with Crippen LogP contribution >= 0.6 is 19.0 Å². The fourth-order valence-corrected chi connectivity index (χ4v) is 6.69. The lowest BCUT2D eigenvalue weighted by molar-refractivity contribution is -0.0656. The van der Waals surface area contributed by atoms with Gasteiger partial charge in [0.2, 0.25) is 5.95 Å². The molecule has 18 nitrogen and oxygen atoms in total. The number of thiol groups is 1. The van der Waals surface area contributed by atoms with Crippen molar-refractivity contribution in [3.8, 4) is 0 Å². The number of aromatic nitrogens is 8. The Morgan fingerprint density at radius 2 is 1.90 bits per heavy atom. The molecule has 40 heavy (non-hydrogen) atoms. The number of ether oxygens (including phenoxy) is 2. The van der Waals surface area contributed by atoms with Crippen LogP contribution in [0.1, 0.15) is 18.9 Å². The third-order valence-electron chi connectivity index (χ3n) is 7.21. The van der Waals surface area contributed by atoms with Crippen LogP contribution < -0.4 is 17.0 Å². The molecule has 0 radical (unpaired) electrons. The van der Waals surface area contributed by atoms with E-state index in [0.29, 0.717) is 11.2 Å². The van der Waals surface area contributed by atoms with Crippen LogP contribution in [-0.4, -0.2) is 86.4 Å². The van der Waals surface area contributed by atoms with E-state index in [9.17, 15) is 19.6 Å². The van der Waals surface area contributed by atoms with Crippen molar-refractivity contribution in [3.05, 3.63) is 29.3 Å². The van der Waals surface area contributed by atoms with Crippen molar-refractivity contribution in [2.24, 2.45) is 5.92 Å². The second-order valence-corrected chi connectivity index (χ2v) is 12.6. The van der Waals surface area contributed by atoms with Gasteiger partial charge in [-0.15, -0.1) is 0 Å². The number of anilines is 2. The van der Waals surface area contributed by atoms with Crippen molar-refractivity contribution in [2.45, 2.75) is 49.4 Å². The average Bonchev–Trinajstić information content (AvgIpc) is 3.41. The fourth-order valence-electron chi connectivity index (χ4n) is 5.21. The zero-order chi connectivity index (χ0) is 27.9. The number of nitrogens with one attached hydrogen (secondary N) is 1. The minimum absolute atomic E-state index is 0.0183. The van der Waals surface area contributed by atoms with E-state index < -0.39 is 61.3 Å². The Labute approximate surface area is 228 Å². The number of rotatable bonds is 7. The summed E-state index contributed by atoms with van der Waals surface area (Å²) in [5.41, 5.74) is 12.0. The number of hydrogen-bond acceptors (Lipinski definition) is 15. The summed E-state index contributed by atoms with van der Waals surface area (Å²) in [6.07, 6.45) is -1.61. The first kappa shape index (κ1) is 25.8. The Hall–Kier alpha value is -3.16. The Bertz CT molecular complexity index is 1730. The predicted molar refractivity (Wildman–Crippen MR) is 138 cm³/mol. The van der Waals surface area contributed by atoms with Crippen LogP contribution in [0, 0.1) is 5.92 Å². The smallest absolute Gasteiger partial charge is 0.386 e. The van der Waals surface area contributed by atoms with E-state index in [4.69, 9.17) is 30.0 Å². The van der Waals surface area contributed by atoms with Gasteiger partial charge in [0, 0.05) is 12.3 Å². The first-order chi connectivity index (χ1) is 19.1. The molecule has 212 valence electrons. The Kier molecular flexibility index (Phi) is 5.92. The van der Waals surface area contributed by atoms with Crippen molar-refractivity contribution in [2.75, 3.05) is 18.1 Å². The van der Waals surface area contributed by atoms with Gasteiger partial charge in [-0.05, 0) is 0 Å². The Morgan fingerprint density at radius 3 is 2.73 bits per heavy atom. The van der Waals surface area contributed by atoms with Gasteiger partial charge < -0.3 is 31.2 Å². The number of aliphatic hydroxyl groups excluding tert-OH is 2. The Balaban J connectivity index is 1.06. The molecule has 3 fully saturated rings. The monoisotopic (exact) mass is 594 g/mol. The molecule has 0 aromatic carbocycles. The van der Waals surface area contributed by atoms with Gasteiger partial charge in [-0.1, -0.05) is 12.2 Å². The van der Waals surface area contributed by atoms with Crippen LogP contribution in [0.25, 0.3) is 22.3 Å². The van der Waals surface area contributed by atoms with E-state index in [0.717, 1.165) is 0 Å². The maximum atomic E-state index is 13.3. The fraction of sp³-hybridized carbons (Fsp3) is 0.500. The minimum atomic E-state index is -4.09. The van der Waals surface area contributed by atoms with Crippen LogP contribution in [0.4, 0.5) is 11.8 Å². The molecule has 9 atom stereocenters. The SMILES string of the molecule is Nc1nc2c(ncn2[C@@H]2O[C@@H]3C(O)C3[C@H]2OP(=O)(S)OC[C@H]2O[C@@H](n3cnc4c(N)ncnc43)C[C@H]2O)c(=O)[nH]1. The van der Waals surface area contributed by atoms with E-state index in [1.807, 2.05) is 0 Å². The number of hydrogen-bond donors (Lipinski definition) is 6. The lowest BCUT2D eigenvalue weighted by atomic mass is 10.2. The minimum Gasteiger partial charge on any atom is -0.390 e. The molecule has 7 rings (SSSR count). The van der Waals surface area contributed by atoms with E-state index in [1.165, 1.54) is 23.5 Å². The second-order valence-electron chi connectivity index (χ2n) is 9.68. The molecule has 1 aliphatic carbocycles. The molecule has 0 amide bonds. The third kappa shape index (κ3) is 4.17. The van der Waals surface area contributed by atoms with Crippen molar-refractivity contribution in [1.82, 2.24) is 39.0 Å². The van der Waals surface area contributed by atoms with E-state index in [1.54, 1.807) is 4.57 Å². The molecule has 20 heteroatoms. The summed E-state index contributed by atoms with van der Waals surface area (Å²) < 4.78 is 39.4. The van der Waals surface area contributed by atoms with E-state index in [-0.39, 0.29) is 36.0 Å². The molecule has 0 bridgehead atoms. The van der Waals surface area contributed by atoms with Crippen LogP contribution in [0.3, 0.4) is 0 Å². The summed E-state index contributed by atoms with van der Waals surface area (Å²) in [5.74, 6) is -0.453. The molecule has 3 aliphatic rings. The van der Waals surface area contributed by atoms with Crippen LogP contribution in [-0.2, 0) is 23.1 Å². The number of nitrogens with two attached hydrogens (primary N) is 2. The molecule has 4 aromatic heterocycles. The molecule has 2 aliphatic heterocycles. The largest absolute Gasteiger partial charge is 0.390 e. The zero-order valence-electron chi connectivity index (χ0n) is 20.3. The van der Waals surface area contributed by atoms with Gasteiger partial charge >= 0.3 is 6.80 Å². The molecule has 1 saturated carbocycles. The molecule has 6 heterocycles. The van der Waals surface area contributed by atoms with E-state index >= 15 is 0 Å². The Morgan fingerprint density at radius 1 is 1.12 bits per heavy atom. The molecule has 7 N–H and O–H groups in total. The standard InChI is InChI=1S/C20H23N10O8PS/c21-15-10-16(24-3-23-15)29(4-25-10)8-1-6(31)7(36-8)2-35-39(34,40)38-14-9-12(32)13(9)37-19(14)30-5-26-11-17(30)27-20(22)28-18(11)33/h3-9,12-14,19,31-32H,1-2H2,(H,34,40)(H2,21,23,24)(H3,22,27,28,33)/t6-,7-,8-,9?,12?,13+,14-,19-,39?/m1/s1. The van der Waals surface area contributed by atoms with Crippen molar-refractivity contribution < 1.29 is 33.3 Å². The van der Waals surface area contributed by atoms with Gasteiger partial charge in [0.15, 0.2) is 28.9 Å². The van der Waals surface area contributed by atoms with E-state index in [2.05, 4.69) is 42.2 Å². The number of aliphatic hydroxyl groups is 2. The summed E-state index contributed by atoms with van der Waals surface area (Å²) in [4.78, 5) is 35.0. The summed E-state index contributed by atoms with van der Waals surface area (Å²) >= 11 is 4.11. The first-order valence-corrected chi connectivity index (χ1v) is 14.8. The lowest BCUT2D eigenvalue weighted by Crippen LogP contribution is -2.29. The zero-order valence-corrected chi connectivity index (χ0v) is 22.1. The topological polar surface area (TPSA) is 254 Å². The number of H-pyrrole nitrogens is 1. The van der Waals surface area contributed by atoms with Crippen LogP contribution in [0.5, 0.6) is 0 Å². The lowest BCUT2D eigenvalue weighted by Gasteiger charge is -2.27. The number of imidazole rings is 2. The van der Waals surface area contributed by atoms with Gasteiger partial charge in [-0.3, -0.25) is 28.0 Å². The van der Waals surface area contributed by atoms with Gasteiger partial charge in [0.25, 0.3) is 5.56 Å². The average molecular weight is 595 g/mol. The molecule has 3 unspecified atom stereocenters. The normalized spacial score (nSPS) is 33.0.